The van der Waals surface area contributed by atoms with Crippen LogP contribution < -0.4 is 0 Å². The van der Waals surface area contributed by atoms with Crippen molar-refractivity contribution in [2.75, 3.05) is 6.61 Å². The van der Waals surface area contributed by atoms with E-state index < -0.39 is 11.9 Å². The third kappa shape index (κ3) is 2.60. The first-order valence-electron chi connectivity index (χ1n) is 10.0. The van der Waals surface area contributed by atoms with Gasteiger partial charge in [0.1, 0.15) is 5.69 Å². The lowest BCUT2D eigenvalue weighted by molar-refractivity contribution is 0.0503. The number of rotatable bonds is 4. The van der Waals surface area contributed by atoms with E-state index in [2.05, 4.69) is 0 Å². The van der Waals surface area contributed by atoms with Crippen LogP contribution in [0.4, 0.5) is 0 Å². The van der Waals surface area contributed by atoms with E-state index in [4.69, 9.17) is 4.74 Å². The fourth-order valence-electron chi connectivity index (χ4n) is 4.42. The van der Waals surface area contributed by atoms with E-state index in [9.17, 15) is 14.4 Å². The van der Waals surface area contributed by atoms with Crippen molar-refractivity contribution in [3.63, 3.8) is 0 Å². The van der Waals surface area contributed by atoms with E-state index >= 15 is 0 Å². The standard InChI is InChI=1S/C24H20N2O4/c1-2-30-24(29)21-19-18(20-17-11-7-6-10-16(17)12-13-25(20)21)22(27)26(23(19)28)14-15-8-4-3-5-9-15/h3-11H,2,12-14H2,1H3. The summed E-state index contributed by atoms with van der Waals surface area (Å²) in [6.07, 6.45) is 0.721. The maximum Gasteiger partial charge on any atom is 0.355 e. The molecule has 0 radical (unpaired) electrons. The van der Waals surface area contributed by atoms with Gasteiger partial charge in [-0.25, -0.2) is 4.79 Å². The van der Waals surface area contributed by atoms with Crippen LogP contribution in [0.15, 0.2) is 54.6 Å². The molecule has 0 unspecified atom stereocenters. The van der Waals surface area contributed by atoms with Gasteiger partial charge in [-0.2, -0.15) is 0 Å². The first-order chi connectivity index (χ1) is 14.6. The second-order valence-electron chi connectivity index (χ2n) is 7.41. The number of imide groups is 1. The van der Waals surface area contributed by atoms with Crippen molar-refractivity contribution in [3.8, 4) is 11.3 Å². The zero-order chi connectivity index (χ0) is 20.8. The van der Waals surface area contributed by atoms with Gasteiger partial charge in [-0.1, -0.05) is 54.6 Å². The predicted octanol–water partition coefficient (Wildman–Crippen LogP) is 3.68. The minimum absolute atomic E-state index is 0.163. The smallest absolute Gasteiger partial charge is 0.355 e. The Bertz CT molecular complexity index is 1190. The van der Waals surface area contributed by atoms with E-state index in [1.54, 1.807) is 11.5 Å². The minimum Gasteiger partial charge on any atom is -0.461 e. The van der Waals surface area contributed by atoms with Gasteiger partial charge < -0.3 is 9.30 Å². The Morgan fingerprint density at radius 2 is 1.67 bits per heavy atom. The number of hydrogen-bond donors (Lipinski definition) is 0. The fraction of sp³-hybridized carbons (Fsp3) is 0.208. The summed E-state index contributed by atoms with van der Waals surface area (Å²) in [4.78, 5) is 40.8. The molecule has 2 aromatic carbocycles. The number of fused-ring (bicyclic) bond motifs is 5. The van der Waals surface area contributed by atoms with Crippen molar-refractivity contribution in [2.24, 2.45) is 0 Å². The third-order valence-electron chi connectivity index (χ3n) is 5.71. The molecule has 0 aliphatic carbocycles. The molecule has 2 aliphatic heterocycles. The molecule has 0 saturated heterocycles. The zero-order valence-corrected chi connectivity index (χ0v) is 16.6. The number of carbonyl (C=O) groups excluding carboxylic acids is 3. The van der Waals surface area contributed by atoms with Crippen LogP contribution in [0, 0.1) is 0 Å². The summed E-state index contributed by atoms with van der Waals surface area (Å²) < 4.78 is 7.05. The van der Waals surface area contributed by atoms with Crippen LogP contribution in [-0.4, -0.2) is 33.9 Å². The predicted molar refractivity (Wildman–Crippen MR) is 110 cm³/mol. The molecule has 0 spiro atoms. The summed E-state index contributed by atoms with van der Waals surface area (Å²) in [5.74, 6) is -1.38. The average molecular weight is 400 g/mol. The molecular formula is C24H20N2O4. The third-order valence-corrected chi connectivity index (χ3v) is 5.71. The minimum atomic E-state index is -0.568. The first-order valence-corrected chi connectivity index (χ1v) is 10.0. The summed E-state index contributed by atoms with van der Waals surface area (Å²) in [7, 11) is 0. The number of esters is 1. The van der Waals surface area contributed by atoms with Gasteiger partial charge in [-0.05, 0) is 24.5 Å². The molecule has 0 fully saturated rings. The summed E-state index contributed by atoms with van der Waals surface area (Å²) >= 11 is 0. The highest BCUT2D eigenvalue weighted by Gasteiger charge is 2.46. The number of nitrogens with zero attached hydrogens (tertiary/aromatic N) is 2. The van der Waals surface area contributed by atoms with Crippen LogP contribution in [0.1, 0.15) is 49.3 Å². The highest BCUT2D eigenvalue weighted by Crippen LogP contribution is 2.42. The number of benzene rings is 2. The van der Waals surface area contributed by atoms with Gasteiger partial charge in [0.2, 0.25) is 0 Å². The molecule has 3 heterocycles. The van der Waals surface area contributed by atoms with E-state index in [1.165, 1.54) is 4.90 Å². The fourth-order valence-corrected chi connectivity index (χ4v) is 4.42. The second kappa shape index (κ2) is 6.99. The Morgan fingerprint density at radius 1 is 0.967 bits per heavy atom. The van der Waals surface area contributed by atoms with Crippen molar-refractivity contribution < 1.29 is 19.1 Å². The molecule has 1 aromatic heterocycles. The molecule has 0 N–H and O–H groups in total. The maximum atomic E-state index is 13.4. The quantitative estimate of drug-likeness (QED) is 0.495. The van der Waals surface area contributed by atoms with Gasteiger partial charge >= 0.3 is 5.97 Å². The highest BCUT2D eigenvalue weighted by molar-refractivity contribution is 6.27. The Hall–Kier alpha value is -3.67. The molecule has 5 rings (SSSR count). The molecule has 30 heavy (non-hydrogen) atoms. The Balaban J connectivity index is 1.70. The van der Waals surface area contributed by atoms with Gasteiger partial charge in [0.25, 0.3) is 11.8 Å². The molecule has 6 nitrogen and oxygen atoms in total. The second-order valence-corrected chi connectivity index (χ2v) is 7.41. The summed E-state index contributed by atoms with van der Waals surface area (Å²) in [6.45, 7) is 2.60. The largest absolute Gasteiger partial charge is 0.461 e. The van der Waals surface area contributed by atoms with Crippen LogP contribution in [0.2, 0.25) is 0 Å². The van der Waals surface area contributed by atoms with Gasteiger partial charge in [0.15, 0.2) is 0 Å². The molecule has 3 aromatic rings. The van der Waals surface area contributed by atoms with Crippen LogP contribution in [-0.2, 0) is 24.2 Å². The summed E-state index contributed by atoms with van der Waals surface area (Å²) in [5.41, 5.74) is 4.14. The number of ether oxygens (including phenoxy) is 1. The lowest BCUT2D eigenvalue weighted by Crippen LogP contribution is -2.31. The molecular weight excluding hydrogens is 380 g/mol. The molecule has 6 heteroatoms. The number of hydrogen-bond acceptors (Lipinski definition) is 4. The van der Waals surface area contributed by atoms with Crippen molar-refractivity contribution in [2.45, 2.75) is 26.4 Å². The van der Waals surface area contributed by atoms with E-state index in [0.29, 0.717) is 17.8 Å². The first kappa shape index (κ1) is 18.4. The van der Waals surface area contributed by atoms with Crippen LogP contribution in [0.3, 0.4) is 0 Å². The van der Waals surface area contributed by atoms with Crippen LogP contribution in [0.25, 0.3) is 11.3 Å². The SMILES string of the molecule is CCOC(=O)c1c2c(c3n1CCc1ccccc1-3)C(=O)N(Cc1ccccc1)C2=O. The van der Waals surface area contributed by atoms with E-state index in [-0.39, 0.29) is 30.3 Å². The lowest BCUT2D eigenvalue weighted by atomic mass is 9.96. The summed E-state index contributed by atoms with van der Waals surface area (Å²) in [6, 6.07) is 17.2. The van der Waals surface area contributed by atoms with Gasteiger partial charge in [0, 0.05) is 12.1 Å². The Labute approximate surface area is 173 Å². The average Bonchev–Trinajstić information content (AvgIpc) is 3.23. The zero-order valence-electron chi connectivity index (χ0n) is 16.6. The summed E-state index contributed by atoms with van der Waals surface area (Å²) in [5, 5.41) is 0. The van der Waals surface area contributed by atoms with E-state index in [1.807, 2.05) is 54.6 Å². The Morgan fingerprint density at radius 3 is 2.43 bits per heavy atom. The number of amides is 2. The molecule has 0 saturated carbocycles. The normalized spacial score (nSPS) is 14.4. The van der Waals surface area contributed by atoms with Crippen molar-refractivity contribution in [1.82, 2.24) is 9.47 Å². The van der Waals surface area contributed by atoms with Crippen molar-refractivity contribution in [3.05, 3.63) is 82.5 Å². The maximum absolute atomic E-state index is 13.4. The molecule has 2 aliphatic rings. The molecule has 2 amide bonds. The lowest BCUT2D eigenvalue weighted by Gasteiger charge is -2.23. The van der Waals surface area contributed by atoms with Crippen molar-refractivity contribution in [1.29, 1.82) is 0 Å². The highest BCUT2D eigenvalue weighted by atomic mass is 16.5. The van der Waals surface area contributed by atoms with Crippen molar-refractivity contribution >= 4 is 17.8 Å². The monoisotopic (exact) mass is 400 g/mol. The molecule has 0 atom stereocenters. The topological polar surface area (TPSA) is 68.6 Å². The van der Waals surface area contributed by atoms with E-state index in [0.717, 1.165) is 23.1 Å². The molecule has 150 valence electrons. The number of carbonyl (C=O) groups is 3. The van der Waals surface area contributed by atoms with Gasteiger partial charge in [-0.15, -0.1) is 0 Å². The molecule has 0 bridgehead atoms. The van der Waals surface area contributed by atoms with Gasteiger partial charge in [0.05, 0.1) is 30.0 Å². The Kier molecular flexibility index (Phi) is 4.28. The van der Waals surface area contributed by atoms with Gasteiger partial charge in [-0.3, -0.25) is 14.5 Å². The van der Waals surface area contributed by atoms with Crippen LogP contribution in [0.5, 0.6) is 0 Å². The number of aromatic nitrogens is 1. The van der Waals surface area contributed by atoms with Crippen LogP contribution >= 0.6 is 0 Å². The number of aryl methyl sites for hydroxylation is 1.